The van der Waals surface area contributed by atoms with Crippen molar-refractivity contribution in [1.29, 1.82) is 0 Å². The lowest BCUT2D eigenvalue weighted by Crippen LogP contribution is -2.33. The second-order valence-electron chi connectivity index (χ2n) is 7.45. The molecule has 2 aromatic rings. The van der Waals surface area contributed by atoms with Crippen molar-refractivity contribution < 1.29 is 28.9 Å². The minimum absolute atomic E-state index is 0.00214. The zero-order valence-electron chi connectivity index (χ0n) is 18.3. The number of aryl methyl sites for hydroxylation is 1. The van der Waals surface area contributed by atoms with Gasteiger partial charge in [-0.15, -0.1) is 11.3 Å². The van der Waals surface area contributed by atoms with Gasteiger partial charge in [-0.1, -0.05) is 0 Å². The Morgan fingerprint density at radius 1 is 1.19 bits per heavy atom. The number of nitrogens with zero attached hydrogens (tertiary/aromatic N) is 1. The molecule has 0 aliphatic carbocycles. The van der Waals surface area contributed by atoms with E-state index in [4.69, 9.17) is 14.2 Å². The van der Waals surface area contributed by atoms with Gasteiger partial charge in [-0.05, 0) is 49.9 Å². The first-order valence-electron chi connectivity index (χ1n) is 9.96. The highest BCUT2D eigenvalue weighted by Crippen LogP contribution is 2.43. The van der Waals surface area contributed by atoms with Crippen LogP contribution in [0.5, 0.6) is 11.5 Å². The number of amides is 1. The number of carbonyl (C=O) groups is 2. The molecule has 1 aliphatic heterocycles. The van der Waals surface area contributed by atoms with Gasteiger partial charge in [0.15, 0.2) is 0 Å². The normalized spacial score (nSPS) is 18.1. The van der Waals surface area contributed by atoms with Gasteiger partial charge in [0, 0.05) is 17.5 Å². The minimum Gasteiger partial charge on any atom is -0.507 e. The van der Waals surface area contributed by atoms with Crippen LogP contribution < -0.4 is 9.47 Å². The number of Topliss-reactive ketones (excluding diaryl/α,β-unsaturated/α-hetero) is 1. The highest BCUT2D eigenvalue weighted by Gasteiger charge is 2.47. The first-order valence-corrected chi connectivity index (χ1v) is 10.8. The van der Waals surface area contributed by atoms with Gasteiger partial charge in [-0.3, -0.25) is 9.59 Å². The summed E-state index contributed by atoms with van der Waals surface area (Å²) in [6, 6.07) is 6.13. The first kappa shape index (κ1) is 22.8. The number of aliphatic hydroxyl groups excluding tert-OH is 1. The van der Waals surface area contributed by atoms with Gasteiger partial charge in [-0.25, -0.2) is 0 Å². The molecule has 1 atom stereocenters. The molecule has 2 heterocycles. The first-order chi connectivity index (χ1) is 14.8. The summed E-state index contributed by atoms with van der Waals surface area (Å²) in [7, 11) is 2.99. The molecule has 1 aromatic heterocycles. The average molecular weight is 446 g/mol. The van der Waals surface area contributed by atoms with Crippen LogP contribution in [0.4, 0.5) is 0 Å². The number of hydrogen-bond acceptors (Lipinski definition) is 7. The lowest BCUT2D eigenvalue weighted by molar-refractivity contribution is -0.140. The number of benzene rings is 1. The van der Waals surface area contributed by atoms with E-state index < -0.39 is 17.7 Å². The fraction of sp³-hybridized carbons (Fsp3) is 0.391. The molecular weight excluding hydrogens is 418 g/mol. The number of rotatable bonds is 8. The van der Waals surface area contributed by atoms with E-state index in [0.29, 0.717) is 17.1 Å². The van der Waals surface area contributed by atoms with Crippen molar-refractivity contribution in [2.24, 2.45) is 0 Å². The van der Waals surface area contributed by atoms with Crippen LogP contribution in [0.15, 0.2) is 35.2 Å². The van der Waals surface area contributed by atoms with Crippen molar-refractivity contribution in [3.63, 3.8) is 0 Å². The van der Waals surface area contributed by atoms with Gasteiger partial charge in [0.2, 0.25) is 0 Å². The minimum atomic E-state index is -0.724. The van der Waals surface area contributed by atoms with E-state index in [1.54, 1.807) is 18.2 Å². The molecule has 1 fully saturated rings. The van der Waals surface area contributed by atoms with Crippen molar-refractivity contribution >= 4 is 28.8 Å². The number of likely N-dealkylation sites (tertiary alicyclic amines) is 1. The quantitative estimate of drug-likeness (QED) is 0.377. The molecular formula is C23H27NO6S. The topological polar surface area (TPSA) is 85.3 Å². The second-order valence-corrected chi connectivity index (χ2v) is 8.39. The second kappa shape index (κ2) is 9.53. The monoisotopic (exact) mass is 445 g/mol. The predicted molar refractivity (Wildman–Crippen MR) is 119 cm³/mol. The Hall–Kier alpha value is -2.84. The molecule has 0 spiro atoms. The van der Waals surface area contributed by atoms with Crippen molar-refractivity contribution in [3.8, 4) is 11.5 Å². The Morgan fingerprint density at radius 2 is 1.94 bits per heavy atom. The van der Waals surface area contributed by atoms with Gasteiger partial charge in [0.25, 0.3) is 11.7 Å². The maximum atomic E-state index is 13.1. The standard InChI is InChI=1S/C23H27NO6S/c1-13(2)30-10-9-24-19(22-14(3)8-11-31-22)18(21(26)23(24)27)20(25)16-7-6-15(28-4)12-17(16)29-5/h6-8,11-13,19,25H,9-10H2,1-5H3/b20-18+. The number of methoxy groups -OCH3 is 2. The van der Waals surface area contributed by atoms with Crippen molar-refractivity contribution in [2.75, 3.05) is 27.4 Å². The van der Waals surface area contributed by atoms with Crippen LogP contribution in [0.3, 0.4) is 0 Å². The van der Waals surface area contributed by atoms with Crippen LogP contribution >= 0.6 is 11.3 Å². The van der Waals surface area contributed by atoms with Crippen LogP contribution in [0.2, 0.25) is 0 Å². The highest BCUT2D eigenvalue weighted by atomic mass is 32.1. The third-order valence-corrected chi connectivity index (χ3v) is 6.21. The van der Waals surface area contributed by atoms with Crippen molar-refractivity contribution in [3.05, 3.63) is 51.2 Å². The summed E-state index contributed by atoms with van der Waals surface area (Å²) in [6.07, 6.45) is 0.00214. The van der Waals surface area contributed by atoms with Crippen LogP contribution in [0.25, 0.3) is 5.76 Å². The van der Waals surface area contributed by atoms with E-state index in [-0.39, 0.29) is 30.6 Å². The molecule has 0 radical (unpaired) electrons. The molecule has 0 bridgehead atoms. The average Bonchev–Trinajstić information content (AvgIpc) is 3.28. The van der Waals surface area contributed by atoms with Gasteiger partial charge in [0.05, 0.1) is 44.1 Å². The number of ether oxygens (including phenoxy) is 3. The molecule has 31 heavy (non-hydrogen) atoms. The summed E-state index contributed by atoms with van der Waals surface area (Å²) in [5.74, 6) is -0.766. The van der Waals surface area contributed by atoms with Gasteiger partial charge >= 0.3 is 0 Å². The molecule has 0 saturated carbocycles. The van der Waals surface area contributed by atoms with Crippen LogP contribution in [-0.4, -0.2) is 55.2 Å². The van der Waals surface area contributed by atoms with Gasteiger partial charge in [0.1, 0.15) is 17.3 Å². The smallest absolute Gasteiger partial charge is 0.295 e. The van der Waals surface area contributed by atoms with E-state index in [2.05, 4.69) is 0 Å². The molecule has 1 aliphatic rings. The molecule has 1 amide bonds. The summed E-state index contributed by atoms with van der Waals surface area (Å²) < 4.78 is 16.2. The van der Waals surface area contributed by atoms with Crippen molar-refractivity contribution in [1.82, 2.24) is 4.90 Å². The van der Waals surface area contributed by atoms with Crippen LogP contribution in [0.1, 0.15) is 35.9 Å². The lowest BCUT2D eigenvalue weighted by Gasteiger charge is -2.25. The third-order valence-electron chi connectivity index (χ3n) is 5.14. The largest absolute Gasteiger partial charge is 0.507 e. The van der Waals surface area contributed by atoms with Crippen LogP contribution in [-0.2, 0) is 14.3 Å². The van der Waals surface area contributed by atoms with E-state index in [1.807, 2.05) is 32.2 Å². The maximum Gasteiger partial charge on any atom is 0.295 e. The molecule has 3 rings (SSSR count). The molecule has 1 aromatic carbocycles. The number of hydrogen-bond donors (Lipinski definition) is 1. The Morgan fingerprint density at radius 3 is 2.52 bits per heavy atom. The maximum absolute atomic E-state index is 13.1. The number of carbonyl (C=O) groups excluding carboxylic acids is 2. The Labute approximate surface area is 185 Å². The highest BCUT2D eigenvalue weighted by molar-refractivity contribution is 7.10. The van der Waals surface area contributed by atoms with Crippen LogP contribution in [0, 0.1) is 6.92 Å². The van der Waals surface area contributed by atoms with E-state index >= 15 is 0 Å². The van der Waals surface area contributed by atoms with Crippen molar-refractivity contribution in [2.45, 2.75) is 32.9 Å². The molecule has 1 N–H and O–H groups in total. The van der Waals surface area contributed by atoms with Gasteiger partial charge in [-0.2, -0.15) is 0 Å². The number of aliphatic hydroxyl groups is 1. The number of thiophene rings is 1. The SMILES string of the molecule is COc1ccc(/C(O)=C2\C(=O)C(=O)N(CCOC(C)C)C2c2sccc2C)c(OC)c1. The molecule has 1 unspecified atom stereocenters. The lowest BCUT2D eigenvalue weighted by atomic mass is 9.98. The fourth-order valence-corrected chi connectivity index (χ4v) is 4.62. The third kappa shape index (κ3) is 4.45. The zero-order valence-corrected chi connectivity index (χ0v) is 19.1. The summed E-state index contributed by atoms with van der Waals surface area (Å²) in [4.78, 5) is 28.3. The number of ketones is 1. The zero-order chi connectivity index (χ0) is 22.7. The van der Waals surface area contributed by atoms with E-state index in [1.165, 1.54) is 30.5 Å². The summed E-state index contributed by atoms with van der Waals surface area (Å²) in [6.45, 7) is 6.26. The molecule has 7 nitrogen and oxygen atoms in total. The predicted octanol–water partition coefficient (Wildman–Crippen LogP) is 3.92. The fourth-order valence-electron chi connectivity index (χ4n) is 3.57. The molecule has 8 heteroatoms. The Kier molecular flexibility index (Phi) is 7.02. The summed E-state index contributed by atoms with van der Waals surface area (Å²) in [5.41, 5.74) is 1.31. The van der Waals surface area contributed by atoms with Gasteiger partial charge < -0.3 is 24.2 Å². The Bertz CT molecular complexity index is 1010. The summed E-state index contributed by atoms with van der Waals surface area (Å²) in [5, 5.41) is 13.1. The molecule has 166 valence electrons. The van der Waals surface area contributed by atoms with E-state index in [0.717, 1.165) is 10.4 Å². The Balaban J connectivity index is 2.13. The van der Waals surface area contributed by atoms with E-state index in [9.17, 15) is 14.7 Å². The summed E-state index contributed by atoms with van der Waals surface area (Å²) >= 11 is 1.44. The molecule has 1 saturated heterocycles.